The lowest BCUT2D eigenvalue weighted by molar-refractivity contribution is 0.424. The summed E-state index contributed by atoms with van der Waals surface area (Å²) in [6.45, 7) is 4.36. The van der Waals surface area contributed by atoms with Gasteiger partial charge in [-0.1, -0.05) is 60.7 Å². The molecule has 1 aromatic rings. The minimum absolute atomic E-state index is 0.197. The Morgan fingerprint density at radius 1 is 1.25 bits per heavy atom. The third kappa shape index (κ3) is 4.26. The average molecular weight is 284 g/mol. The summed E-state index contributed by atoms with van der Waals surface area (Å²) in [5.41, 5.74) is 7.39. The Morgan fingerprint density at radius 3 is 2.62 bits per heavy atom. The second kappa shape index (κ2) is 6.41. The summed E-state index contributed by atoms with van der Waals surface area (Å²) in [6.07, 6.45) is 6.15. The van der Waals surface area contributed by atoms with Crippen LogP contribution >= 0.6 is 15.9 Å². The normalized spacial score (nSPS) is 14.8. The molecule has 1 nitrogen and oxygen atoms in total. The fourth-order valence-electron chi connectivity index (χ4n) is 1.91. The number of unbranched alkanes of at least 4 members (excludes halogenated alkanes) is 3. The van der Waals surface area contributed by atoms with E-state index in [9.17, 15) is 0 Å². The van der Waals surface area contributed by atoms with Gasteiger partial charge in [0.25, 0.3) is 0 Å². The van der Waals surface area contributed by atoms with E-state index in [0.717, 1.165) is 10.9 Å². The van der Waals surface area contributed by atoms with Crippen LogP contribution in [0.25, 0.3) is 0 Å². The van der Waals surface area contributed by atoms with E-state index in [4.69, 9.17) is 5.73 Å². The van der Waals surface area contributed by atoms with Gasteiger partial charge in [0, 0.05) is 10.0 Å². The molecule has 90 valence electrons. The molecular formula is C14H22BrN. The second-order valence-electron chi connectivity index (χ2n) is 4.74. The molecule has 2 N–H and O–H groups in total. The SMILES string of the molecule is CCCCCCC(C)(N)c1cccc(Br)c1. The van der Waals surface area contributed by atoms with Crippen LogP contribution in [0, 0.1) is 0 Å². The summed E-state index contributed by atoms with van der Waals surface area (Å²) in [5, 5.41) is 0. The van der Waals surface area contributed by atoms with Crippen LogP contribution < -0.4 is 5.73 Å². The van der Waals surface area contributed by atoms with Crippen LogP contribution in [-0.2, 0) is 5.54 Å². The Kier molecular flexibility index (Phi) is 5.50. The number of rotatable bonds is 6. The molecule has 0 aromatic heterocycles. The molecular weight excluding hydrogens is 262 g/mol. The number of hydrogen-bond donors (Lipinski definition) is 1. The molecule has 2 heteroatoms. The Balaban J connectivity index is 2.55. The molecule has 0 aliphatic carbocycles. The highest BCUT2D eigenvalue weighted by Gasteiger charge is 2.20. The van der Waals surface area contributed by atoms with Gasteiger partial charge in [-0.25, -0.2) is 0 Å². The Bertz CT molecular complexity index is 320. The van der Waals surface area contributed by atoms with E-state index >= 15 is 0 Å². The number of hydrogen-bond acceptors (Lipinski definition) is 1. The molecule has 0 radical (unpaired) electrons. The van der Waals surface area contributed by atoms with Gasteiger partial charge in [-0.05, 0) is 31.0 Å². The van der Waals surface area contributed by atoms with Crippen LogP contribution in [0.3, 0.4) is 0 Å². The van der Waals surface area contributed by atoms with Crippen LogP contribution in [0.5, 0.6) is 0 Å². The summed E-state index contributed by atoms with van der Waals surface area (Å²) >= 11 is 3.49. The molecule has 0 amide bonds. The standard InChI is InChI=1S/C14H22BrN/c1-3-4-5-6-10-14(2,16)12-8-7-9-13(15)11-12/h7-9,11H,3-6,10,16H2,1-2H3. The third-order valence-electron chi connectivity index (χ3n) is 3.03. The molecule has 1 aromatic carbocycles. The van der Waals surface area contributed by atoms with E-state index in [-0.39, 0.29) is 5.54 Å². The van der Waals surface area contributed by atoms with Gasteiger partial charge in [-0.3, -0.25) is 0 Å². The zero-order chi connectivity index (χ0) is 12.0. The molecule has 0 saturated heterocycles. The van der Waals surface area contributed by atoms with Gasteiger partial charge in [0.15, 0.2) is 0 Å². The van der Waals surface area contributed by atoms with E-state index in [0.29, 0.717) is 0 Å². The topological polar surface area (TPSA) is 26.0 Å². The van der Waals surface area contributed by atoms with E-state index < -0.39 is 0 Å². The van der Waals surface area contributed by atoms with Crippen molar-refractivity contribution in [1.82, 2.24) is 0 Å². The highest BCUT2D eigenvalue weighted by atomic mass is 79.9. The van der Waals surface area contributed by atoms with Gasteiger partial charge in [-0.2, -0.15) is 0 Å². The highest BCUT2D eigenvalue weighted by molar-refractivity contribution is 9.10. The zero-order valence-corrected chi connectivity index (χ0v) is 11.9. The summed E-state index contributed by atoms with van der Waals surface area (Å²) in [4.78, 5) is 0. The lowest BCUT2D eigenvalue weighted by atomic mass is 9.87. The summed E-state index contributed by atoms with van der Waals surface area (Å²) in [7, 11) is 0. The maximum Gasteiger partial charge on any atom is 0.0381 e. The van der Waals surface area contributed by atoms with Crippen LogP contribution in [0.2, 0.25) is 0 Å². The summed E-state index contributed by atoms with van der Waals surface area (Å²) in [5.74, 6) is 0. The number of halogens is 1. The lowest BCUT2D eigenvalue weighted by Crippen LogP contribution is -2.32. The van der Waals surface area contributed by atoms with Crippen molar-refractivity contribution < 1.29 is 0 Å². The molecule has 1 unspecified atom stereocenters. The minimum Gasteiger partial charge on any atom is -0.322 e. The first kappa shape index (κ1) is 13.7. The monoisotopic (exact) mass is 283 g/mol. The first-order valence-electron chi connectivity index (χ1n) is 6.11. The molecule has 16 heavy (non-hydrogen) atoms. The van der Waals surface area contributed by atoms with E-state index in [1.165, 1.54) is 31.2 Å². The van der Waals surface area contributed by atoms with Crippen molar-refractivity contribution in [3.63, 3.8) is 0 Å². The lowest BCUT2D eigenvalue weighted by Gasteiger charge is -2.25. The Labute approximate surface area is 108 Å². The van der Waals surface area contributed by atoms with Crippen molar-refractivity contribution in [3.05, 3.63) is 34.3 Å². The molecule has 1 atom stereocenters. The van der Waals surface area contributed by atoms with Gasteiger partial charge < -0.3 is 5.73 Å². The molecule has 0 fully saturated rings. The van der Waals surface area contributed by atoms with Crippen molar-refractivity contribution in [3.8, 4) is 0 Å². The van der Waals surface area contributed by atoms with Gasteiger partial charge in [0.1, 0.15) is 0 Å². The Morgan fingerprint density at radius 2 is 2.00 bits per heavy atom. The first-order valence-corrected chi connectivity index (χ1v) is 6.90. The average Bonchev–Trinajstić information content (AvgIpc) is 2.24. The number of nitrogens with two attached hydrogens (primary N) is 1. The van der Waals surface area contributed by atoms with Crippen molar-refractivity contribution >= 4 is 15.9 Å². The molecule has 0 aliphatic rings. The van der Waals surface area contributed by atoms with Crippen molar-refractivity contribution in [2.24, 2.45) is 5.73 Å². The third-order valence-corrected chi connectivity index (χ3v) is 3.53. The summed E-state index contributed by atoms with van der Waals surface area (Å²) < 4.78 is 1.11. The van der Waals surface area contributed by atoms with Gasteiger partial charge in [-0.15, -0.1) is 0 Å². The highest BCUT2D eigenvalue weighted by Crippen LogP contribution is 2.26. The van der Waals surface area contributed by atoms with Crippen LogP contribution in [0.4, 0.5) is 0 Å². The smallest absolute Gasteiger partial charge is 0.0381 e. The zero-order valence-electron chi connectivity index (χ0n) is 10.3. The minimum atomic E-state index is -0.197. The van der Waals surface area contributed by atoms with Crippen LogP contribution in [-0.4, -0.2) is 0 Å². The van der Waals surface area contributed by atoms with E-state index in [1.807, 2.05) is 6.07 Å². The number of benzene rings is 1. The Hall–Kier alpha value is -0.340. The van der Waals surface area contributed by atoms with Crippen molar-refractivity contribution in [2.75, 3.05) is 0 Å². The fraction of sp³-hybridized carbons (Fsp3) is 0.571. The molecule has 0 saturated carbocycles. The van der Waals surface area contributed by atoms with Gasteiger partial charge in [0.05, 0.1) is 0 Å². The molecule has 0 spiro atoms. The van der Waals surface area contributed by atoms with E-state index in [1.54, 1.807) is 0 Å². The quantitative estimate of drug-likeness (QED) is 0.759. The van der Waals surface area contributed by atoms with Crippen LogP contribution in [0.15, 0.2) is 28.7 Å². The van der Waals surface area contributed by atoms with Crippen LogP contribution in [0.1, 0.15) is 51.5 Å². The van der Waals surface area contributed by atoms with Crippen molar-refractivity contribution in [1.29, 1.82) is 0 Å². The molecule has 0 bridgehead atoms. The predicted octanol–water partition coefficient (Wildman–Crippen LogP) is 4.59. The second-order valence-corrected chi connectivity index (χ2v) is 5.65. The van der Waals surface area contributed by atoms with Gasteiger partial charge >= 0.3 is 0 Å². The van der Waals surface area contributed by atoms with Gasteiger partial charge in [0.2, 0.25) is 0 Å². The molecule has 1 rings (SSSR count). The van der Waals surface area contributed by atoms with E-state index in [2.05, 4.69) is 48.0 Å². The maximum atomic E-state index is 6.37. The molecule has 0 aliphatic heterocycles. The fourth-order valence-corrected chi connectivity index (χ4v) is 2.31. The first-order chi connectivity index (χ1) is 7.56. The largest absolute Gasteiger partial charge is 0.322 e. The van der Waals surface area contributed by atoms with Crippen molar-refractivity contribution in [2.45, 2.75) is 51.5 Å². The summed E-state index contributed by atoms with van der Waals surface area (Å²) in [6, 6.07) is 8.33. The predicted molar refractivity (Wildman–Crippen MR) is 74.4 cm³/mol. The maximum absolute atomic E-state index is 6.37. The molecule has 0 heterocycles.